The van der Waals surface area contributed by atoms with E-state index in [1.54, 1.807) is 0 Å². The first-order valence-corrected chi connectivity index (χ1v) is 15.3. The van der Waals surface area contributed by atoms with Gasteiger partial charge in [0.25, 0.3) is 0 Å². The van der Waals surface area contributed by atoms with Gasteiger partial charge in [0.1, 0.15) is 5.65 Å². The van der Waals surface area contributed by atoms with Crippen LogP contribution in [0.2, 0.25) is 19.6 Å². The van der Waals surface area contributed by atoms with Crippen molar-refractivity contribution in [3.05, 3.63) is 96.7 Å². The van der Waals surface area contributed by atoms with E-state index in [0.717, 1.165) is 46.5 Å². The van der Waals surface area contributed by atoms with Gasteiger partial charge in [-0.15, -0.1) is 0 Å². The average molecular weight is 462 g/mol. The molecule has 5 nitrogen and oxygen atoms in total. The van der Waals surface area contributed by atoms with Crippen LogP contribution < -0.4 is 5.19 Å². The van der Waals surface area contributed by atoms with E-state index in [4.69, 9.17) is 15.1 Å². The summed E-state index contributed by atoms with van der Waals surface area (Å²) in [6.07, 6.45) is 7.81. The minimum Gasteiger partial charge on any atom is -0.299 e. The first-order valence-electron chi connectivity index (χ1n) is 11.8. The quantitative estimate of drug-likeness (QED) is 0.250. The van der Waals surface area contributed by atoms with E-state index in [1.165, 1.54) is 16.1 Å². The number of fused-ring (bicyclic) bond motifs is 6. The highest BCUT2D eigenvalue weighted by Crippen LogP contribution is 2.28. The average Bonchev–Trinajstić information content (AvgIpc) is 3.50. The summed E-state index contributed by atoms with van der Waals surface area (Å²) in [6.45, 7) is 7.19. The zero-order chi connectivity index (χ0) is 23.3. The van der Waals surface area contributed by atoms with Gasteiger partial charge >= 0.3 is 0 Å². The Balaban J connectivity index is 1.42. The van der Waals surface area contributed by atoms with Crippen LogP contribution in [0.5, 0.6) is 0 Å². The molecule has 0 amide bonds. The maximum Gasteiger partial charge on any atom is 0.147 e. The summed E-state index contributed by atoms with van der Waals surface area (Å²) >= 11 is 0. The topological polar surface area (TPSA) is 48.0 Å². The second kappa shape index (κ2) is 7.92. The third kappa shape index (κ3) is 3.51. The summed E-state index contributed by atoms with van der Waals surface area (Å²) in [7, 11) is -1.56. The first kappa shape index (κ1) is 20.8. The highest BCUT2D eigenvalue weighted by molar-refractivity contribution is 6.90. The van der Waals surface area contributed by atoms with Gasteiger partial charge in [-0.2, -0.15) is 5.10 Å². The minimum atomic E-state index is -1.56. The molecular formula is C28H27N5Si. The lowest BCUT2D eigenvalue weighted by Crippen LogP contribution is -2.38. The normalized spacial score (nSPS) is 12.2. The van der Waals surface area contributed by atoms with Crippen LogP contribution in [0.4, 0.5) is 0 Å². The lowest BCUT2D eigenvalue weighted by atomic mass is 10.1. The second-order valence-corrected chi connectivity index (χ2v) is 14.9. The smallest absolute Gasteiger partial charge is 0.147 e. The van der Waals surface area contributed by atoms with E-state index >= 15 is 0 Å². The van der Waals surface area contributed by atoms with Crippen molar-refractivity contribution in [1.29, 1.82) is 0 Å². The molecule has 0 fully saturated rings. The molecule has 6 aromatic rings. The van der Waals surface area contributed by atoms with Gasteiger partial charge in [0.05, 0.1) is 36.2 Å². The van der Waals surface area contributed by atoms with Crippen molar-refractivity contribution in [1.82, 2.24) is 24.1 Å². The molecule has 0 N–H and O–H groups in total. The van der Waals surface area contributed by atoms with Crippen molar-refractivity contribution in [2.75, 3.05) is 0 Å². The summed E-state index contributed by atoms with van der Waals surface area (Å²) in [5, 5.41) is 8.59. The van der Waals surface area contributed by atoms with E-state index in [0.29, 0.717) is 0 Å². The molecule has 4 aromatic heterocycles. The summed E-state index contributed by atoms with van der Waals surface area (Å²) in [5.74, 6) is 0. The van der Waals surface area contributed by atoms with Gasteiger partial charge in [-0.25, -0.2) is 9.67 Å². The Morgan fingerprint density at radius 3 is 2.47 bits per heavy atom. The zero-order valence-electron chi connectivity index (χ0n) is 19.7. The van der Waals surface area contributed by atoms with E-state index in [1.807, 2.05) is 41.3 Å². The number of pyridine rings is 2. The summed E-state index contributed by atoms with van der Waals surface area (Å²) in [4.78, 5) is 9.89. The third-order valence-electron chi connectivity index (χ3n) is 6.45. The van der Waals surface area contributed by atoms with Gasteiger partial charge in [-0.3, -0.25) is 9.38 Å². The zero-order valence-corrected chi connectivity index (χ0v) is 20.7. The molecule has 0 unspecified atom stereocenters. The second-order valence-electron chi connectivity index (χ2n) is 9.86. The fourth-order valence-electron chi connectivity index (χ4n) is 4.80. The Morgan fingerprint density at radius 2 is 1.65 bits per heavy atom. The number of para-hydroxylation sites is 1. The number of aromatic nitrogens is 5. The van der Waals surface area contributed by atoms with Crippen LogP contribution in [0.1, 0.15) is 11.4 Å². The number of benzene rings is 2. The number of hydrogen-bond donors (Lipinski definition) is 0. The Morgan fingerprint density at radius 1 is 0.824 bits per heavy atom. The minimum absolute atomic E-state index is 0.838. The molecule has 4 heterocycles. The highest BCUT2D eigenvalue weighted by Gasteiger charge is 2.23. The van der Waals surface area contributed by atoms with Crippen molar-refractivity contribution in [3.63, 3.8) is 0 Å². The number of nitrogens with zero attached hydrogens (tertiary/aromatic N) is 5. The Labute approximate surface area is 199 Å². The molecule has 0 saturated carbocycles. The van der Waals surface area contributed by atoms with Crippen LogP contribution >= 0.6 is 0 Å². The van der Waals surface area contributed by atoms with Crippen LogP contribution in [0.3, 0.4) is 0 Å². The van der Waals surface area contributed by atoms with Crippen LogP contribution in [0.15, 0.2) is 85.3 Å². The van der Waals surface area contributed by atoms with Crippen LogP contribution in [0, 0.1) is 0 Å². The largest absolute Gasteiger partial charge is 0.299 e. The lowest BCUT2D eigenvalue weighted by molar-refractivity contribution is 0.811. The molecule has 0 bridgehead atoms. The molecule has 0 aliphatic rings. The van der Waals surface area contributed by atoms with Crippen LogP contribution in [-0.2, 0) is 12.8 Å². The third-order valence-corrected chi connectivity index (χ3v) is 8.49. The van der Waals surface area contributed by atoms with Gasteiger partial charge in [0.15, 0.2) is 0 Å². The first-order chi connectivity index (χ1) is 16.5. The van der Waals surface area contributed by atoms with Crippen molar-refractivity contribution < 1.29 is 0 Å². The number of aryl methyl sites for hydroxylation is 2. The van der Waals surface area contributed by atoms with Gasteiger partial charge < -0.3 is 0 Å². The summed E-state index contributed by atoms with van der Waals surface area (Å²) in [5.41, 5.74) is 6.44. The van der Waals surface area contributed by atoms with Gasteiger partial charge in [0, 0.05) is 29.4 Å². The van der Waals surface area contributed by atoms with Crippen molar-refractivity contribution >= 4 is 40.7 Å². The molecule has 6 rings (SSSR count). The number of rotatable bonds is 5. The molecule has 6 heteroatoms. The van der Waals surface area contributed by atoms with E-state index in [2.05, 4.69) is 72.7 Å². The van der Waals surface area contributed by atoms with Gasteiger partial charge in [-0.1, -0.05) is 50.0 Å². The molecule has 34 heavy (non-hydrogen) atoms. The Bertz CT molecular complexity index is 1640. The predicted octanol–water partition coefficient (Wildman–Crippen LogP) is 5.55. The molecule has 0 saturated heterocycles. The molecular weight excluding hydrogens is 434 g/mol. The standard InChI is InChI=1S/C28H27N5Si/c1-34(2,3)25-13-7-12-24-26(25)27-23(11-8-17-29-27)28-30-21(19-32(24)28)15-14-20-16-18-33(31-20)22-9-5-4-6-10-22/h4-13,16-19H,14-15H2,1-3H3. The molecule has 2 aromatic carbocycles. The van der Waals surface area contributed by atoms with Gasteiger partial charge in [0.2, 0.25) is 0 Å². The van der Waals surface area contributed by atoms with Crippen LogP contribution in [-0.4, -0.2) is 32.2 Å². The molecule has 0 aliphatic heterocycles. The Hall–Kier alpha value is -3.77. The molecule has 0 atom stereocenters. The monoisotopic (exact) mass is 461 g/mol. The molecule has 0 radical (unpaired) electrons. The fraction of sp³-hybridized carbons (Fsp3) is 0.179. The summed E-state index contributed by atoms with van der Waals surface area (Å²) < 4.78 is 4.20. The maximum absolute atomic E-state index is 5.06. The van der Waals surface area contributed by atoms with Gasteiger partial charge in [-0.05, 0) is 54.4 Å². The number of hydrogen-bond acceptors (Lipinski definition) is 3. The SMILES string of the molecule is C[Si](C)(C)c1cccc2c1c1ncccc1c1nc(CCc3ccn(-c4ccccc4)n3)cn21. The van der Waals surface area contributed by atoms with Crippen molar-refractivity contribution in [2.24, 2.45) is 0 Å². The van der Waals surface area contributed by atoms with Crippen molar-refractivity contribution in [2.45, 2.75) is 32.5 Å². The van der Waals surface area contributed by atoms with E-state index < -0.39 is 8.07 Å². The highest BCUT2D eigenvalue weighted by atomic mass is 28.3. The fourth-order valence-corrected chi connectivity index (χ4v) is 6.39. The summed E-state index contributed by atoms with van der Waals surface area (Å²) in [6, 6.07) is 23.1. The number of imidazole rings is 1. The van der Waals surface area contributed by atoms with Crippen LogP contribution in [0.25, 0.3) is 33.1 Å². The van der Waals surface area contributed by atoms with E-state index in [9.17, 15) is 0 Å². The molecule has 0 aliphatic carbocycles. The lowest BCUT2D eigenvalue weighted by Gasteiger charge is -2.20. The van der Waals surface area contributed by atoms with Crippen molar-refractivity contribution in [3.8, 4) is 5.69 Å². The maximum atomic E-state index is 5.06. The Kier molecular flexibility index (Phi) is 4.85. The van der Waals surface area contributed by atoms with E-state index in [-0.39, 0.29) is 0 Å². The predicted molar refractivity (Wildman–Crippen MR) is 142 cm³/mol. The molecule has 0 spiro atoms. The molecule has 168 valence electrons.